The minimum atomic E-state index is -0.337. The van der Waals surface area contributed by atoms with Crippen molar-refractivity contribution < 1.29 is 34.4 Å². The van der Waals surface area contributed by atoms with Crippen LogP contribution in [0.5, 0.6) is 0 Å². The largest absolute Gasteiger partial charge is 0.512 e. The van der Waals surface area contributed by atoms with E-state index in [0.29, 0.717) is 5.71 Å². The van der Waals surface area contributed by atoms with Crippen LogP contribution in [0.2, 0.25) is 0 Å². The molecule has 3 heterocycles. The Morgan fingerprint density at radius 3 is 2.09 bits per heavy atom. The minimum absolute atomic E-state index is 0. The molecule has 287 valence electrons. The summed E-state index contributed by atoms with van der Waals surface area (Å²) < 4.78 is 6.32. The second-order valence-electron chi connectivity index (χ2n) is 15.3. The molecule has 0 saturated heterocycles. The summed E-state index contributed by atoms with van der Waals surface area (Å²) in [5.41, 5.74) is 6.72. The number of rotatable bonds is 10. The summed E-state index contributed by atoms with van der Waals surface area (Å²) >= 11 is 0. The number of carbonyl (C=O) groups excluding carboxylic acids is 1. The zero-order valence-electron chi connectivity index (χ0n) is 33.5. The smallest absolute Gasteiger partial charge is 0.216 e. The molecular formula is C48H52IrN3O3-. The van der Waals surface area contributed by atoms with Crippen molar-refractivity contribution in [3.8, 4) is 22.4 Å². The number of benzene rings is 4. The van der Waals surface area contributed by atoms with E-state index in [1.807, 2.05) is 72.7 Å². The van der Waals surface area contributed by atoms with Crippen LogP contribution in [-0.2, 0) is 24.9 Å². The molecule has 0 bridgehead atoms. The molecule has 0 saturated carbocycles. The van der Waals surface area contributed by atoms with E-state index in [1.165, 1.54) is 17.2 Å². The van der Waals surface area contributed by atoms with Crippen LogP contribution in [0.3, 0.4) is 0 Å². The molecule has 55 heavy (non-hydrogen) atoms. The molecule has 0 aliphatic heterocycles. The summed E-state index contributed by atoms with van der Waals surface area (Å²) in [5.74, 6) is 1.26. The maximum atomic E-state index is 12.2. The van der Waals surface area contributed by atoms with Crippen LogP contribution in [0.25, 0.3) is 66.1 Å². The van der Waals surface area contributed by atoms with Crippen LogP contribution >= 0.6 is 0 Å². The van der Waals surface area contributed by atoms with E-state index in [-0.39, 0.29) is 48.4 Å². The molecule has 7 heteroatoms. The molecule has 6 nitrogen and oxygen atoms in total. The molecule has 0 spiro atoms. The van der Waals surface area contributed by atoms with Crippen molar-refractivity contribution in [1.29, 1.82) is 0 Å². The quantitative estimate of drug-likeness (QED) is 0.0636. The molecule has 7 rings (SSSR count). The van der Waals surface area contributed by atoms with Crippen LogP contribution in [0.1, 0.15) is 98.5 Å². The predicted octanol–water partition coefficient (Wildman–Crippen LogP) is 13.3. The molecule has 1 N–H and O–H groups in total. The number of aliphatic hydroxyl groups is 1. The maximum Gasteiger partial charge on any atom is 0.216 e. The molecule has 0 unspecified atom stereocenters. The minimum Gasteiger partial charge on any atom is -0.512 e. The molecule has 7 aromatic rings. The third-order valence-corrected chi connectivity index (χ3v) is 11.6. The monoisotopic (exact) mass is 911 g/mol. The van der Waals surface area contributed by atoms with Gasteiger partial charge >= 0.3 is 0 Å². The van der Waals surface area contributed by atoms with Crippen LogP contribution in [-0.4, -0.2) is 25.8 Å². The van der Waals surface area contributed by atoms with E-state index >= 15 is 0 Å². The van der Waals surface area contributed by atoms with Gasteiger partial charge < -0.3 is 9.52 Å². The van der Waals surface area contributed by atoms with Crippen molar-refractivity contribution >= 4 is 49.5 Å². The third kappa shape index (κ3) is 8.15. The van der Waals surface area contributed by atoms with E-state index in [4.69, 9.17) is 14.4 Å². The summed E-state index contributed by atoms with van der Waals surface area (Å²) in [4.78, 5) is 26.9. The van der Waals surface area contributed by atoms with Crippen LogP contribution in [0, 0.1) is 23.8 Å². The molecule has 0 aliphatic rings. The third-order valence-electron chi connectivity index (χ3n) is 11.6. The fourth-order valence-corrected chi connectivity index (χ4v) is 6.77. The average molecular weight is 911 g/mol. The Morgan fingerprint density at radius 1 is 0.782 bits per heavy atom. The first kappa shape index (κ1) is 41.5. The van der Waals surface area contributed by atoms with E-state index in [2.05, 4.69) is 85.6 Å². The van der Waals surface area contributed by atoms with E-state index in [1.54, 1.807) is 0 Å². The summed E-state index contributed by atoms with van der Waals surface area (Å²) in [6.45, 7) is 18.3. The van der Waals surface area contributed by atoms with E-state index in [9.17, 15) is 9.90 Å². The van der Waals surface area contributed by atoms with Gasteiger partial charge in [0, 0.05) is 65.1 Å². The topological polar surface area (TPSA) is 89.1 Å². The Labute approximate surface area is 338 Å². The molecule has 0 aliphatic carbocycles. The molecular weight excluding hydrogens is 859 g/mol. The van der Waals surface area contributed by atoms with E-state index < -0.39 is 0 Å². The summed E-state index contributed by atoms with van der Waals surface area (Å²) in [7, 11) is 0. The van der Waals surface area contributed by atoms with Crippen molar-refractivity contribution in [2.75, 3.05) is 0 Å². The number of furan rings is 1. The molecule has 3 aromatic heterocycles. The fourth-order valence-electron chi connectivity index (χ4n) is 6.77. The van der Waals surface area contributed by atoms with Crippen molar-refractivity contribution in [2.24, 2.45) is 10.8 Å². The molecule has 0 atom stereocenters. The standard InChI is InChI=1S/C33H24N3O.C15H28O2.Ir/c1-19(2)32-35-29-24-16-13-22(21-8-5-4-6-9-21)18-23(24)14-17-27(29)30(36-32)28-11-7-10-25-26-15-12-20(3)34-33(26)37-31(25)28;1-7-14(5,8-2)12(16)11-13(17)15(6,9-3)10-4;/h4-10,12-19H,1-3H3;11,16H,7-10H2,1-6H3;/q-1;;/b;12-11-;. The van der Waals surface area contributed by atoms with Gasteiger partial charge in [-0.15, -0.1) is 18.2 Å². The Balaban J connectivity index is 0.000000276. The van der Waals surface area contributed by atoms with Gasteiger partial charge in [-0.25, -0.2) is 9.97 Å². The SMILES string of the molecule is CCC(C)(CC)C(=O)/C=C(\O)C(C)(CC)CC.Cc1ccc2c(n1)oc1c(-c3nc(C(C)C)nc4c3ccc3cc(-c5ccccc5)ccc34)[c-]ccc12.[Ir]. The van der Waals surface area contributed by atoms with Gasteiger partial charge in [-0.2, -0.15) is 0 Å². The summed E-state index contributed by atoms with van der Waals surface area (Å²) in [6, 6.07) is 32.8. The number of nitrogens with zero attached hydrogens (tertiary/aromatic N) is 3. The Bertz CT molecular complexity index is 2490. The molecule has 1 radical (unpaired) electrons. The van der Waals surface area contributed by atoms with Crippen molar-refractivity contribution in [1.82, 2.24) is 15.0 Å². The second kappa shape index (κ2) is 17.0. The van der Waals surface area contributed by atoms with E-state index in [0.717, 1.165) is 86.5 Å². The number of carbonyl (C=O) groups is 1. The summed E-state index contributed by atoms with van der Waals surface area (Å²) in [6.07, 6.45) is 4.75. The number of aryl methyl sites for hydroxylation is 1. The van der Waals surface area contributed by atoms with Gasteiger partial charge in [0.15, 0.2) is 5.78 Å². The van der Waals surface area contributed by atoms with Gasteiger partial charge in [0.2, 0.25) is 5.71 Å². The van der Waals surface area contributed by atoms with Gasteiger partial charge in [-0.3, -0.25) is 9.78 Å². The molecule has 4 aromatic carbocycles. The van der Waals surface area contributed by atoms with Crippen LogP contribution in [0.4, 0.5) is 0 Å². The second-order valence-corrected chi connectivity index (χ2v) is 15.3. The molecule has 0 fully saturated rings. The fraction of sp³-hybridized carbons (Fsp3) is 0.333. The van der Waals surface area contributed by atoms with Gasteiger partial charge in [-0.05, 0) is 72.7 Å². The molecule has 0 amide bonds. The van der Waals surface area contributed by atoms with Gasteiger partial charge in [-0.1, -0.05) is 121 Å². The van der Waals surface area contributed by atoms with Crippen molar-refractivity contribution in [2.45, 2.75) is 93.9 Å². The first-order chi connectivity index (χ1) is 25.9. The average Bonchev–Trinajstić information content (AvgIpc) is 3.57. The van der Waals surface area contributed by atoms with Gasteiger partial charge in [0.25, 0.3) is 0 Å². The Kier molecular flexibility index (Phi) is 12.8. The Morgan fingerprint density at radius 2 is 1.44 bits per heavy atom. The van der Waals surface area contributed by atoms with Crippen molar-refractivity contribution in [3.05, 3.63) is 114 Å². The zero-order valence-corrected chi connectivity index (χ0v) is 35.9. The number of hydrogen-bond donors (Lipinski definition) is 1. The zero-order chi connectivity index (χ0) is 38.8. The van der Waals surface area contributed by atoms with Crippen LogP contribution in [0.15, 0.2) is 101 Å². The van der Waals surface area contributed by atoms with Gasteiger partial charge in [0.1, 0.15) is 11.6 Å². The number of hydrogen-bond acceptors (Lipinski definition) is 6. The number of fused-ring (bicyclic) bond motifs is 6. The summed E-state index contributed by atoms with van der Waals surface area (Å²) in [5, 5.41) is 15.4. The first-order valence-electron chi connectivity index (χ1n) is 19.3. The number of ketones is 1. The normalized spacial score (nSPS) is 12.3. The first-order valence-corrected chi connectivity index (χ1v) is 19.3. The number of allylic oxidation sites excluding steroid dienone is 2. The predicted molar refractivity (Wildman–Crippen MR) is 224 cm³/mol. The number of pyridine rings is 1. The maximum absolute atomic E-state index is 12.2. The van der Waals surface area contributed by atoms with Gasteiger partial charge in [0.05, 0.1) is 11.1 Å². The Hall–Kier alpha value is -4.71. The van der Waals surface area contributed by atoms with Crippen LogP contribution < -0.4 is 0 Å². The number of aliphatic hydroxyl groups excluding tert-OH is 1. The number of aromatic nitrogens is 3. The van der Waals surface area contributed by atoms with Crippen molar-refractivity contribution in [3.63, 3.8) is 0 Å².